The third-order valence-electron chi connectivity index (χ3n) is 7.03. The Morgan fingerprint density at radius 3 is 2.37 bits per heavy atom. The van der Waals surface area contributed by atoms with Gasteiger partial charge in [0, 0.05) is 24.9 Å². The third-order valence-corrected chi connectivity index (χ3v) is 7.03. The maximum Gasteiger partial charge on any atom is 0.237 e. The monoisotopic (exact) mass is 411 g/mol. The van der Waals surface area contributed by atoms with Crippen LogP contribution in [0.25, 0.3) is 6.08 Å². The number of aliphatic hydroxyl groups is 1. The highest BCUT2D eigenvalue weighted by atomic mass is 16.3. The van der Waals surface area contributed by atoms with E-state index in [9.17, 15) is 14.7 Å². The molecule has 1 spiro atoms. The summed E-state index contributed by atoms with van der Waals surface area (Å²) in [6.45, 7) is 3.37. The molecule has 4 rings (SSSR count). The van der Waals surface area contributed by atoms with Crippen molar-refractivity contribution in [2.75, 3.05) is 40.3 Å². The second kappa shape index (κ2) is 8.16. The predicted octanol–water partition coefficient (Wildman–Crippen LogP) is 1.95. The molecule has 6 nitrogen and oxygen atoms in total. The lowest BCUT2D eigenvalue weighted by atomic mass is 9.60. The van der Waals surface area contributed by atoms with Crippen molar-refractivity contribution >= 4 is 17.9 Å². The lowest BCUT2D eigenvalue weighted by molar-refractivity contribution is -0.205. The molecule has 6 heteroatoms. The van der Waals surface area contributed by atoms with Crippen molar-refractivity contribution in [1.82, 2.24) is 14.7 Å². The fourth-order valence-corrected chi connectivity index (χ4v) is 5.44. The summed E-state index contributed by atoms with van der Waals surface area (Å²) in [6.07, 6.45) is 7.17. The van der Waals surface area contributed by atoms with E-state index in [0.717, 1.165) is 30.4 Å². The summed E-state index contributed by atoms with van der Waals surface area (Å²) in [6, 6.07) is 8.13. The van der Waals surface area contributed by atoms with Crippen molar-refractivity contribution < 1.29 is 14.7 Å². The first kappa shape index (κ1) is 21.1. The summed E-state index contributed by atoms with van der Waals surface area (Å²) >= 11 is 0. The Hall–Kier alpha value is -2.18. The quantitative estimate of drug-likeness (QED) is 0.777. The molecular weight excluding hydrogens is 378 g/mol. The molecule has 2 aliphatic heterocycles. The van der Waals surface area contributed by atoms with Gasteiger partial charge in [-0.2, -0.15) is 0 Å². The smallest absolute Gasteiger partial charge is 0.237 e. The summed E-state index contributed by atoms with van der Waals surface area (Å²) in [4.78, 5) is 31.5. The second-order valence-electron chi connectivity index (χ2n) is 9.32. The van der Waals surface area contributed by atoms with Gasteiger partial charge in [-0.05, 0) is 45.0 Å². The zero-order chi connectivity index (χ0) is 21.5. The Labute approximate surface area is 179 Å². The molecule has 1 aromatic carbocycles. The van der Waals surface area contributed by atoms with Crippen molar-refractivity contribution in [1.29, 1.82) is 0 Å². The largest absolute Gasteiger partial charge is 0.394 e. The maximum absolute atomic E-state index is 13.1. The van der Waals surface area contributed by atoms with Gasteiger partial charge in [0.05, 0.1) is 24.7 Å². The van der Waals surface area contributed by atoms with Crippen LogP contribution in [0.15, 0.2) is 30.3 Å². The molecule has 2 atom stereocenters. The highest BCUT2D eigenvalue weighted by Gasteiger charge is 2.68. The lowest BCUT2D eigenvalue weighted by Gasteiger charge is -2.70. The zero-order valence-electron chi connectivity index (χ0n) is 18.3. The maximum atomic E-state index is 13.1. The number of likely N-dealkylation sites (N-methyl/N-ethyl adjacent to an activating group) is 1. The van der Waals surface area contributed by atoms with Crippen molar-refractivity contribution in [2.24, 2.45) is 5.92 Å². The number of amides is 2. The van der Waals surface area contributed by atoms with Gasteiger partial charge in [0.2, 0.25) is 11.8 Å². The van der Waals surface area contributed by atoms with Gasteiger partial charge in [0.15, 0.2) is 0 Å². The van der Waals surface area contributed by atoms with Crippen LogP contribution in [0.4, 0.5) is 0 Å². The number of carbonyl (C=O) groups is 2. The van der Waals surface area contributed by atoms with Crippen LogP contribution in [0, 0.1) is 5.92 Å². The Kier molecular flexibility index (Phi) is 5.73. The van der Waals surface area contributed by atoms with E-state index in [1.54, 1.807) is 0 Å². The molecule has 2 amide bonds. The number of nitrogens with zero attached hydrogens (tertiary/aromatic N) is 3. The summed E-state index contributed by atoms with van der Waals surface area (Å²) < 4.78 is 0. The topological polar surface area (TPSA) is 64.1 Å². The van der Waals surface area contributed by atoms with E-state index >= 15 is 0 Å². The van der Waals surface area contributed by atoms with Gasteiger partial charge in [-0.1, -0.05) is 42.8 Å². The third kappa shape index (κ3) is 3.36. The summed E-state index contributed by atoms with van der Waals surface area (Å²) in [5.74, 6) is 0.470. The predicted molar refractivity (Wildman–Crippen MR) is 117 cm³/mol. The zero-order valence-corrected chi connectivity index (χ0v) is 18.3. The van der Waals surface area contributed by atoms with E-state index in [-0.39, 0.29) is 36.3 Å². The highest BCUT2D eigenvalue weighted by molar-refractivity contribution is 5.85. The van der Waals surface area contributed by atoms with Gasteiger partial charge in [-0.25, -0.2) is 0 Å². The molecule has 2 saturated heterocycles. The summed E-state index contributed by atoms with van der Waals surface area (Å²) in [5, 5.41) is 10.2. The minimum absolute atomic E-state index is 0.0246. The molecule has 0 aromatic heterocycles. The highest BCUT2D eigenvalue weighted by Crippen LogP contribution is 2.54. The van der Waals surface area contributed by atoms with Gasteiger partial charge in [0.1, 0.15) is 0 Å². The van der Waals surface area contributed by atoms with E-state index in [0.29, 0.717) is 19.6 Å². The fourth-order valence-electron chi connectivity index (χ4n) is 5.44. The lowest BCUT2D eigenvalue weighted by Crippen LogP contribution is -2.86. The van der Waals surface area contributed by atoms with E-state index < -0.39 is 5.54 Å². The number of carbonyl (C=O) groups excluding carboxylic acids is 2. The van der Waals surface area contributed by atoms with Crippen LogP contribution in [-0.4, -0.2) is 83.5 Å². The average Bonchev–Trinajstić information content (AvgIpc) is 2.59. The number of likely N-dealkylation sites (tertiary alicyclic amines) is 2. The average molecular weight is 412 g/mol. The van der Waals surface area contributed by atoms with Crippen molar-refractivity contribution in [3.05, 3.63) is 41.5 Å². The number of hydrogen-bond donors (Lipinski definition) is 1. The Bertz CT molecular complexity index is 823. The molecule has 0 unspecified atom stereocenters. The van der Waals surface area contributed by atoms with E-state index in [1.165, 1.54) is 0 Å². The molecule has 1 aromatic rings. The molecule has 1 aliphatic carbocycles. The molecule has 2 heterocycles. The van der Waals surface area contributed by atoms with E-state index in [2.05, 4.69) is 30.3 Å². The SMILES string of the molecule is C/C=C/c1ccc([C@@H]2[C@H](CO)N(C(=O)CN(C)C)C23CN(C(=O)C2CCC2)C3)cc1. The molecule has 3 fully saturated rings. The second-order valence-corrected chi connectivity index (χ2v) is 9.32. The molecule has 0 radical (unpaired) electrons. The minimum Gasteiger partial charge on any atom is -0.394 e. The van der Waals surface area contributed by atoms with Gasteiger partial charge in [-0.3, -0.25) is 9.59 Å². The van der Waals surface area contributed by atoms with Crippen LogP contribution in [0.3, 0.4) is 0 Å². The Morgan fingerprint density at radius 1 is 1.20 bits per heavy atom. The first-order valence-corrected chi connectivity index (χ1v) is 11.0. The number of allylic oxidation sites excluding steroid dienone is 1. The van der Waals surface area contributed by atoms with Crippen LogP contribution in [0.2, 0.25) is 0 Å². The minimum atomic E-state index is -0.401. The first-order chi connectivity index (χ1) is 14.4. The van der Waals surface area contributed by atoms with Gasteiger partial charge < -0.3 is 19.8 Å². The summed E-state index contributed by atoms with van der Waals surface area (Å²) in [5.41, 5.74) is 1.86. The normalized spacial score (nSPS) is 25.4. The van der Waals surface area contributed by atoms with Crippen LogP contribution in [0.1, 0.15) is 43.2 Å². The molecule has 162 valence electrons. The van der Waals surface area contributed by atoms with Crippen molar-refractivity contribution in [3.8, 4) is 0 Å². The molecular formula is C24H33N3O3. The van der Waals surface area contributed by atoms with Gasteiger partial charge >= 0.3 is 0 Å². The molecule has 3 aliphatic rings. The van der Waals surface area contributed by atoms with Crippen LogP contribution in [-0.2, 0) is 9.59 Å². The van der Waals surface area contributed by atoms with E-state index in [4.69, 9.17) is 0 Å². The molecule has 1 saturated carbocycles. The standard InChI is InChI=1S/C24H33N3O3/c1-4-6-17-9-11-18(12-10-17)22-20(14-28)27(21(29)13-25(2)3)24(22)15-26(16-24)23(30)19-7-5-8-19/h4,6,9-12,19-20,22,28H,5,7-8,13-16H2,1-3H3/b6-4+/t20-,22+/m0/s1. The number of rotatable bonds is 6. The Balaban J connectivity index is 1.60. The summed E-state index contributed by atoms with van der Waals surface area (Å²) in [7, 11) is 3.76. The first-order valence-electron chi connectivity index (χ1n) is 11.0. The van der Waals surface area contributed by atoms with E-state index in [1.807, 2.05) is 41.8 Å². The fraction of sp³-hybridized carbons (Fsp3) is 0.583. The number of hydrogen-bond acceptors (Lipinski definition) is 4. The van der Waals surface area contributed by atoms with Crippen LogP contribution >= 0.6 is 0 Å². The Morgan fingerprint density at radius 2 is 1.87 bits per heavy atom. The molecule has 0 bridgehead atoms. The van der Waals surface area contributed by atoms with Crippen LogP contribution in [0.5, 0.6) is 0 Å². The molecule has 1 N–H and O–H groups in total. The van der Waals surface area contributed by atoms with Crippen molar-refractivity contribution in [3.63, 3.8) is 0 Å². The van der Waals surface area contributed by atoms with Gasteiger partial charge in [0.25, 0.3) is 0 Å². The molecule has 30 heavy (non-hydrogen) atoms. The number of aliphatic hydroxyl groups excluding tert-OH is 1. The van der Waals surface area contributed by atoms with Gasteiger partial charge in [-0.15, -0.1) is 0 Å². The number of benzene rings is 1. The van der Waals surface area contributed by atoms with Crippen LogP contribution < -0.4 is 0 Å². The van der Waals surface area contributed by atoms with Crippen molar-refractivity contribution in [2.45, 2.75) is 43.7 Å².